The quantitative estimate of drug-likeness (QED) is 0.257. The normalized spacial score (nSPS) is 12.0. The number of amides is 2. The molecular weight excluding hydrogens is 426 g/mol. The third-order valence-electron chi connectivity index (χ3n) is 4.38. The topological polar surface area (TPSA) is 148 Å². The molecule has 9 nitrogen and oxygen atoms in total. The van der Waals surface area contributed by atoms with Crippen LogP contribution in [0.15, 0.2) is 66.7 Å². The van der Waals surface area contributed by atoms with Crippen molar-refractivity contribution in [3.63, 3.8) is 0 Å². The second-order valence-electron chi connectivity index (χ2n) is 6.95. The van der Waals surface area contributed by atoms with E-state index >= 15 is 0 Å². The van der Waals surface area contributed by atoms with Gasteiger partial charge in [0.05, 0.1) is 18.7 Å². The SMILES string of the molecule is COC(=O)c1ccc(NC(=O)C=C[C@H](CCc2ccccc2)NC(=O)[C@H](C)N)cc1.O=CO. The Morgan fingerprint density at radius 3 is 2.24 bits per heavy atom. The van der Waals surface area contributed by atoms with Gasteiger partial charge in [0.15, 0.2) is 0 Å². The number of nitrogens with two attached hydrogens (primary N) is 1. The molecule has 0 aliphatic carbocycles. The molecule has 0 heterocycles. The smallest absolute Gasteiger partial charge is 0.337 e. The van der Waals surface area contributed by atoms with Gasteiger partial charge in [-0.05, 0) is 49.6 Å². The van der Waals surface area contributed by atoms with Gasteiger partial charge in [-0.25, -0.2) is 4.79 Å². The molecule has 2 rings (SSSR count). The predicted molar refractivity (Wildman–Crippen MR) is 125 cm³/mol. The lowest BCUT2D eigenvalue weighted by Crippen LogP contribution is -2.43. The fraction of sp³-hybridized carbons (Fsp3) is 0.250. The van der Waals surface area contributed by atoms with Crippen LogP contribution in [0.5, 0.6) is 0 Å². The second-order valence-corrected chi connectivity index (χ2v) is 6.95. The van der Waals surface area contributed by atoms with Crippen molar-refractivity contribution in [3.05, 3.63) is 77.9 Å². The minimum Gasteiger partial charge on any atom is -0.483 e. The Bertz CT molecular complexity index is 927. The van der Waals surface area contributed by atoms with Crippen molar-refractivity contribution < 1.29 is 29.0 Å². The molecule has 2 aromatic carbocycles. The monoisotopic (exact) mass is 455 g/mol. The zero-order valence-corrected chi connectivity index (χ0v) is 18.6. The van der Waals surface area contributed by atoms with Crippen molar-refractivity contribution in [2.24, 2.45) is 5.73 Å². The molecule has 0 bridgehead atoms. The molecule has 0 aromatic heterocycles. The number of anilines is 1. The first-order chi connectivity index (χ1) is 15.8. The molecular formula is C24H29N3O6. The van der Waals surface area contributed by atoms with E-state index in [4.69, 9.17) is 15.6 Å². The lowest BCUT2D eigenvalue weighted by atomic mass is 10.0. The summed E-state index contributed by atoms with van der Waals surface area (Å²) in [5.41, 5.74) is 7.72. The average Bonchev–Trinajstić information content (AvgIpc) is 2.81. The molecule has 2 aromatic rings. The Morgan fingerprint density at radius 2 is 1.70 bits per heavy atom. The summed E-state index contributed by atoms with van der Waals surface area (Å²) in [6, 6.07) is 15.3. The van der Waals surface area contributed by atoms with Gasteiger partial charge in [0.1, 0.15) is 0 Å². The number of carbonyl (C=O) groups is 4. The maximum Gasteiger partial charge on any atom is 0.337 e. The summed E-state index contributed by atoms with van der Waals surface area (Å²) in [5.74, 6) is -1.07. The Morgan fingerprint density at radius 1 is 1.09 bits per heavy atom. The molecule has 176 valence electrons. The van der Waals surface area contributed by atoms with Crippen LogP contribution in [0.1, 0.15) is 29.3 Å². The van der Waals surface area contributed by atoms with E-state index in [2.05, 4.69) is 15.4 Å². The second kappa shape index (κ2) is 14.9. The fourth-order valence-corrected chi connectivity index (χ4v) is 2.69. The molecule has 0 saturated carbocycles. The molecule has 33 heavy (non-hydrogen) atoms. The Labute approximate surface area is 192 Å². The van der Waals surface area contributed by atoms with E-state index in [9.17, 15) is 14.4 Å². The maximum absolute atomic E-state index is 12.3. The van der Waals surface area contributed by atoms with Crippen LogP contribution in [0.3, 0.4) is 0 Å². The lowest BCUT2D eigenvalue weighted by Gasteiger charge is -2.17. The van der Waals surface area contributed by atoms with E-state index in [1.54, 1.807) is 37.3 Å². The standard InChI is InChI=1S/C23H27N3O4.CH2O2/c1-16(24)22(28)26-20(11-8-17-6-4-3-5-7-17)14-15-21(27)25-19-12-9-18(10-13-19)23(29)30-2;2-1-3/h3-7,9-10,12-16,20H,8,11,24H2,1-2H3,(H,25,27)(H,26,28);1H,(H,2,3)/t16-,20-;/m0./s1. The molecule has 0 aliphatic heterocycles. The third kappa shape index (κ3) is 10.7. The number of carboxylic acid groups (broad SMARTS) is 1. The molecule has 0 aliphatic rings. The summed E-state index contributed by atoms with van der Waals surface area (Å²) in [4.78, 5) is 44.1. The average molecular weight is 456 g/mol. The number of nitrogens with one attached hydrogen (secondary N) is 2. The Balaban J connectivity index is 0.00000172. The van der Waals surface area contributed by atoms with Crippen molar-refractivity contribution in [1.29, 1.82) is 0 Å². The van der Waals surface area contributed by atoms with Crippen LogP contribution < -0.4 is 16.4 Å². The Hall–Kier alpha value is -3.98. The molecule has 0 spiro atoms. The summed E-state index contributed by atoms with van der Waals surface area (Å²) in [7, 11) is 1.31. The van der Waals surface area contributed by atoms with Gasteiger partial charge in [0, 0.05) is 17.8 Å². The number of hydrogen-bond donors (Lipinski definition) is 4. The van der Waals surface area contributed by atoms with Crippen LogP contribution in [-0.2, 0) is 25.5 Å². The summed E-state index contributed by atoms with van der Waals surface area (Å²) in [6.45, 7) is 1.36. The number of benzene rings is 2. The minimum absolute atomic E-state index is 0.250. The Kier molecular flexibility index (Phi) is 12.2. The molecule has 2 atom stereocenters. The highest BCUT2D eigenvalue weighted by molar-refractivity contribution is 5.99. The van der Waals surface area contributed by atoms with Gasteiger partial charge in [-0.1, -0.05) is 36.4 Å². The van der Waals surface area contributed by atoms with E-state index < -0.39 is 12.0 Å². The number of methoxy groups -OCH3 is 1. The van der Waals surface area contributed by atoms with E-state index in [1.165, 1.54) is 13.2 Å². The van der Waals surface area contributed by atoms with E-state index in [-0.39, 0.29) is 24.3 Å². The number of rotatable bonds is 9. The number of esters is 1. The van der Waals surface area contributed by atoms with Crippen LogP contribution >= 0.6 is 0 Å². The molecule has 9 heteroatoms. The van der Waals surface area contributed by atoms with Gasteiger partial charge < -0.3 is 26.2 Å². The first-order valence-corrected chi connectivity index (χ1v) is 10.2. The van der Waals surface area contributed by atoms with Gasteiger partial charge in [0.2, 0.25) is 11.8 Å². The molecule has 0 unspecified atom stereocenters. The summed E-state index contributed by atoms with van der Waals surface area (Å²) in [5, 5.41) is 12.5. The first-order valence-electron chi connectivity index (χ1n) is 10.2. The highest BCUT2D eigenvalue weighted by Gasteiger charge is 2.13. The van der Waals surface area contributed by atoms with Crippen molar-refractivity contribution in [2.75, 3.05) is 12.4 Å². The predicted octanol–water partition coefficient (Wildman–Crippen LogP) is 2.13. The minimum atomic E-state index is -0.639. The van der Waals surface area contributed by atoms with E-state index in [0.29, 0.717) is 17.7 Å². The highest BCUT2D eigenvalue weighted by atomic mass is 16.5. The van der Waals surface area contributed by atoms with Gasteiger partial charge in [-0.15, -0.1) is 0 Å². The molecule has 0 saturated heterocycles. The van der Waals surface area contributed by atoms with Gasteiger partial charge in [0.25, 0.3) is 6.47 Å². The zero-order valence-electron chi connectivity index (χ0n) is 18.6. The molecule has 0 radical (unpaired) electrons. The van der Waals surface area contributed by atoms with Gasteiger partial charge in [-0.2, -0.15) is 0 Å². The van der Waals surface area contributed by atoms with Crippen molar-refractivity contribution in [1.82, 2.24) is 5.32 Å². The first kappa shape index (κ1) is 27.1. The largest absolute Gasteiger partial charge is 0.483 e. The number of ether oxygens (including phenoxy) is 1. The number of hydrogen-bond acceptors (Lipinski definition) is 6. The van der Waals surface area contributed by atoms with Crippen LogP contribution in [0.4, 0.5) is 5.69 Å². The van der Waals surface area contributed by atoms with Crippen molar-refractivity contribution in [2.45, 2.75) is 31.8 Å². The summed E-state index contributed by atoms with van der Waals surface area (Å²) in [6.07, 6.45) is 4.40. The molecule has 2 amide bonds. The molecule has 5 N–H and O–H groups in total. The van der Waals surface area contributed by atoms with Crippen LogP contribution in [0.25, 0.3) is 0 Å². The summed E-state index contributed by atoms with van der Waals surface area (Å²) < 4.78 is 4.64. The van der Waals surface area contributed by atoms with Gasteiger partial charge in [-0.3, -0.25) is 14.4 Å². The third-order valence-corrected chi connectivity index (χ3v) is 4.38. The number of aryl methyl sites for hydroxylation is 1. The number of carbonyl (C=O) groups excluding carboxylic acids is 3. The van der Waals surface area contributed by atoms with E-state index in [1.807, 2.05) is 30.3 Å². The van der Waals surface area contributed by atoms with E-state index in [0.717, 1.165) is 12.0 Å². The van der Waals surface area contributed by atoms with Gasteiger partial charge >= 0.3 is 5.97 Å². The zero-order chi connectivity index (χ0) is 24.6. The van der Waals surface area contributed by atoms with Crippen LogP contribution in [-0.4, -0.2) is 48.6 Å². The van der Waals surface area contributed by atoms with Crippen LogP contribution in [0, 0.1) is 0 Å². The van der Waals surface area contributed by atoms with Crippen LogP contribution in [0.2, 0.25) is 0 Å². The summed E-state index contributed by atoms with van der Waals surface area (Å²) >= 11 is 0. The van der Waals surface area contributed by atoms with Crippen molar-refractivity contribution >= 4 is 29.9 Å². The fourth-order valence-electron chi connectivity index (χ4n) is 2.69. The lowest BCUT2D eigenvalue weighted by molar-refractivity contribution is -0.123. The molecule has 0 fully saturated rings. The van der Waals surface area contributed by atoms with Crippen molar-refractivity contribution in [3.8, 4) is 0 Å². The highest BCUT2D eigenvalue weighted by Crippen LogP contribution is 2.11. The maximum atomic E-state index is 12.3.